The van der Waals surface area contributed by atoms with Crippen molar-refractivity contribution < 1.29 is 9.90 Å². The lowest BCUT2D eigenvalue weighted by Crippen LogP contribution is -2.30. The summed E-state index contributed by atoms with van der Waals surface area (Å²) in [5.74, 6) is -0.524. The van der Waals surface area contributed by atoms with Crippen LogP contribution in [0.5, 0.6) is 0 Å². The monoisotopic (exact) mass is 260 g/mol. The summed E-state index contributed by atoms with van der Waals surface area (Å²) >= 11 is 0. The van der Waals surface area contributed by atoms with Gasteiger partial charge in [0.2, 0.25) is 0 Å². The lowest BCUT2D eigenvalue weighted by molar-refractivity contribution is -0.146. The van der Waals surface area contributed by atoms with Gasteiger partial charge in [-0.3, -0.25) is 4.79 Å². The van der Waals surface area contributed by atoms with Gasteiger partial charge >= 0.3 is 5.97 Å². The van der Waals surface area contributed by atoms with Gasteiger partial charge in [-0.2, -0.15) is 0 Å². The van der Waals surface area contributed by atoms with Crippen LogP contribution in [0.1, 0.15) is 57.1 Å². The van der Waals surface area contributed by atoms with Crippen LogP contribution in [0.25, 0.3) is 0 Å². The molecule has 0 radical (unpaired) electrons. The van der Waals surface area contributed by atoms with Crippen LogP contribution in [-0.4, -0.2) is 11.1 Å². The summed E-state index contributed by atoms with van der Waals surface area (Å²) in [5.41, 5.74) is 2.61. The van der Waals surface area contributed by atoms with Crippen LogP contribution < -0.4 is 0 Å². The van der Waals surface area contributed by atoms with E-state index in [2.05, 4.69) is 24.3 Å². The summed E-state index contributed by atoms with van der Waals surface area (Å²) in [6.07, 6.45) is 4.20. The molecule has 0 saturated carbocycles. The van der Waals surface area contributed by atoms with Crippen LogP contribution in [0.2, 0.25) is 0 Å². The molecule has 0 saturated heterocycles. The number of carboxylic acid groups (broad SMARTS) is 1. The molecule has 1 aliphatic carbocycles. The van der Waals surface area contributed by atoms with Crippen molar-refractivity contribution in [2.24, 2.45) is 11.3 Å². The number of carbonyl (C=O) groups is 1. The van der Waals surface area contributed by atoms with Crippen molar-refractivity contribution in [2.45, 2.75) is 52.4 Å². The van der Waals surface area contributed by atoms with Gasteiger partial charge in [0.25, 0.3) is 0 Å². The Kier molecular flexibility index (Phi) is 3.98. The summed E-state index contributed by atoms with van der Waals surface area (Å²) in [4.78, 5) is 11.5. The predicted molar refractivity (Wildman–Crippen MR) is 77.3 cm³/mol. The van der Waals surface area contributed by atoms with Gasteiger partial charge in [0, 0.05) is 0 Å². The molecule has 0 aromatic heterocycles. The van der Waals surface area contributed by atoms with E-state index in [1.54, 1.807) is 0 Å². The second-order valence-electron chi connectivity index (χ2n) is 6.78. The number of benzene rings is 1. The average molecular weight is 260 g/mol. The van der Waals surface area contributed by atoms with Crippen molar-refractivity contribution in [1.82, 2.24) is 0 Å². The number of hydrogen-bond acceptors (Lipinski definition) is 1. The molecule has 1 aromatic carbocycles. The first-order chi connectivity index (χ1) is 8.89. The third-order valence-electron chi connectivity index (χ3n) is 4.36. The molecular weight excluding hydrogens is 236 g/mol. The molecule has 104 valence electrons. The van der Waals surface area contributed by atoms with Crippen molar-refractivity contribution in [3.8, 4) is 0 Å². The zero-order valence-corrected chi connectivity index (χ0v) is 12.1. The van der Waals surface area contributed by atoms with E-state index in [0.29, 0.717) is 5.92 Å². The Labute approximate surface area is 115 Å². The molecule has 0 fully saturated rings. The Morgan fingerprint density at radius 3 is 2.68 bits per heavy atom. The molecule has 1 aliphatic rings. The quantitative estimate of drug-likeness (QED) is 0.882. The second kappa shape index (κ2) is 5.36. The molecule has 0 spiro atoms. The van der Waals surface area contributed by atoms with Crippen LogP contribution in [0.3, 0.4) is 0 Å². The van der Waals surface area contributed by atoms with E-state index < -0.39 is 5.97 Å². The molecule has 2 unspecified atom stereocenters. The van der Waals surface area contributed by atoms with Gasteiger partial charge in [-0.15, -0.1) is 0 Å². The van der Waals surface area contributed by atoms with E-state index in [1.807, 2.05) is 20.8 Å². The minimum Gasteiger partial charge on any atom is -0.481 e. The van der Waals surface area contributed by atoms with Crippen molar-refractivity contribution in [3.63, 3.8) is 0 Å². The standard InChI is InChI=1S/C17H24O2/c1-17(2,3)15(16(18)19)11-13-9-6-8-12-7-4-5-10-14(12)13/h4-5,7,10,13,15H,6,8-9,11H2,1-3H3,(H,18,19). The van der Waals surface area contributed by atoms with Gasteiger partial charge in [-0.25, -0.2) is 0 Å². The molecule has 2 nitrogen and oxygen atoms in total. The molecule has 2 heteroatoms. The Morgan fingerprint density at radius 1 is 1.37 bits per heavy atom. The van der Waals surface area contributed by atoms with Crippen molar-refractivity contribution in [2.75, 3.05) is 0 Å². The maximum atomic E-state index is 11.5. The largest absolute Gasteiger partial charge is 0.481 e. The van der Waals surface area contributed by atoms with E-state index in [1.165, 1.54) is 17.5 Å². The lowest BCUT2D eigenvalue weighted by Gasteiger charge is -2.33. The molecule has 2 atom stereocenters. The Balaban J connectivity index is 2.22. The van der Waals surface area contributed by atoms with Gasteiger partial charge < -0.3 is 5.11 Å². The van der Waals surface area contributed by atoms with Crippen LogP contribution in [0, 0.1) is 11.3 Å². The van der Waals surface area contributed by atoms with Crippen LogP contribution >= 0.6 is 0 Å². The number of fused-ring (bicyclic) bond motifs is 1. The highest BCUT2D eigenvalue weighted by Gasteiger charge is 2.34. The minimum absolute atomic E-state index is 0.182. The van der Waals surface area contributed by atoms with E-state index >= 15 is 0 Å². The second-order valence-corrected chi connectivity index (χ2v) is 6.78. The normalized spacial score (nSPS) is 20.7. The fourth-order valence-corrected chi connectivity index (χ4v) is 3.21. The highest BCUT2D eigenvalue weighted by Crippen LogP contribution is 2.40. The lowest BCUT2D eigenvalue weighted by atomic mass is 9.71. The molecule has 0 aliphatic heterocycles. The SMILES string of the molecule is CC(C)(C)C(CC1CCCc2ccccc21)C(=O)O. The third kappa shape index (κ3) is 3.17. The van der Waals surface area contributed by atoms with E-state index in [9.17, 15) is 9.90 Å². The van der Waals surface area contributed by atoms with Gasteiger partial charge in [-0.1, -0.05) is 45.0 Å². The number of aliphatic carboxylic acids is 1. The average Bonchev–Trinajstić information content (AvgIpc) is 2.34. The zero-order chi connectivity index (χ0) is 14.0. The Hall–Kier alpha value is -1.31. The first kappa shape index (κ1) is 14.1. The number of aryl methyl sites for hydroxylation is 1. The fraction of sp³-hybridized carbons (Fsp3) is 0.588. The van der Waals surface area contributed by atoms with Gasteiger partial charge in [0.1, 0.15) is 0 Å². The summed E-state index contributed by atoms with van der Waals surface area (Å²) in [5, 5.41) is 9.49. The molecule has 2 rings (SSSR count). The summed E-state index contributed by atoms with van der Waals surface area (Å²) < 4.78 is 0. The van der Waals surface area contributed by atoms with Crippen molar-refractivity contribution in [1.29, 1.82) is 0 Å². The molecule has 1 N–H and O–H groups in total. The zero-order valence-electron chi connectivity index (χ0n) is 12.1. The first-order valence-corrected chi connectivity index (χ1v) is 7.20. The summed E-state index contributed by atoms with van der Waals surface area (Å²) in [6.45, 7) is 6.08. The van der Waals surface area contributed by atoms with Crippen LogP contribution in [0.15, 0.2) is 24.3 Å². The van der Waals surface area contributed by atoms with Crippen molar-refractivity contribution in [3.05, 3.63) is 35.4 Å². The number of hydrogen-bond donors (Lipinski definition) is 1. The predicted octanol–water partition coefficient (Wildman–Crippen LogP) is 4.24. The molecule has 0 bridgehead atoms. The summed E-state index contributed by atoms with van der Waals surface area (Å²) in [6, 6.07) is 8.53. The van der Waals surface area contributed by atoms with Gasteiger partial charge in [0.05, 0.1) is 5.92 Å². The van der Waals surface area contributed by atoms with Gasteiger partial charge in [-0.05, 0) is 48.1 Å². The van der Waals surface area contributed by atoms with Crippen LogP contribution in [0.4, 0.5) is 0 Å². The highest BCUT2D eigenvalue weighted by atomic mass is 16.4. The smallest absolute Gasteiger partial charge is 0.307 e. The molecular formula is C17H24O2. The highest BCUT2D eigenvalue weighted by molar-refractivity contribution is 5.71. The van der Waals surface area contributed by atoms with E-state index in [4.69, 9.17) is 0 Å². The fourth-order valence-electron chi connectivity index (χ4n) is 3.21. The number of carboxylic acids is 1. The molecule has 0 heterocycles. The van der Waals surface area contributed by atoms with E-state index in [0.717, 1.165) is 19.3 Å². The third-order valence-corrected chi connectivity index (χ3v) is 4.36. The minimum atomic E-state index is -0.657. The Bertz CT molecular complexity index is 457. The maximum Gasteiger partial charge on any atom is 0.307 e. The molecule has 1 aromatic rings. The van der Waals surface area contributed by atoms with Crippen molar-refractivity contribution >= 4 is 5.97 Å². The van der Waals surface area contributed by atoms with Crippen LogP contribution in [-0.2, 0) is 11.2 Å². The molecule has 0 amide bonds. The first-order valence-electron chi connectivity index (χ1n) is 7.20. The van der Waals surface area contributed by atoms with E-state index in [-0.39, 0.29) is 11.3 Å². The van der Waals surface area contributed by atoms with Gasteiger partial charge in [0.15, 0.2) is 0 Å². The Morgan fingerprint density at radius 2 is 2.05 bits per heavy atom. The number of rotatable bonds is 3. The topological polar surface area (TPSA) is 37.3 Å². The molecule has 19 heavy (non-hydrogen) atoms. The maximum absolute atomic E-state index is 11.5. The summed E-state index contributed by atoms with van der Waals surface area (Å²) in [7, 11) is 0.